The molecular formula is C38H26F2. The Morgan fingerprint density at radius 1 is 0.575 bits per heavy atom. The number of benzene rings is 7. The first-order chi connectivity index (χ1) is 19.5. The van der Waals surface area contributed by atoms with E-state index in [1.807, 2.05) is 24.3 Å². The number of hydrogen-bond acceptors (Lipinski definition) is 0. The largest absolute Gasteiger partial charge is 0.207 e. The summed E-state index contributed by atoms with van der Waals surface area (Å²) >= 11 is 0. The van der Waals surface area contributed by atoms with Gasteiger partial charge in [-0.2, -0.15) is 0 Å². The van der Waals surface area contributed by atoms with Crippen LogP contribution in [0.4, 0.5) is 8.78 Å². The summed E-state index contributed by atoms with van der Waals surface area (Å²) in [4.78, 5) is 0. The zero-order chi connectivity index (χ0) is 27.4. The Bertz CT molecular complexity index is 2060. The summed E-state index contributed by atoms with van der Waals surface area (Å²) in [6.07, 6.45) is 2.25. The minimum atomic E-state index is -0.249. The molecule has 0 amide bonds. The Labute approximate surface area is 232 Å². The molecule has 0 radical (unpaired) electrons. The molecule has 0 bridgehead atoms. The van der Waals surface area contributed by atoms with E-state index in [1.165, 1.54) is 51.6 Å². The molecule has 192 valence electrons. The van der Waals surface area contributed by atoms with Crippen molar-refractivity contribution in [2.24, 2.45) is 0 Å². The molecule has 0 aliphatic carbocycles. The van der Waals surface area contributed by atoms with Crippen molar-refractivity contribution in [1.29, 1.82) is 0 Å². The number of aryl methyl sites for hydroxylation is 1. The normalized spacial score (nSPS) is 12.2. The summed E-state index contributed by atoms with van der Waals surface area (Å²) in [5, 5.41) is 6.96. The van der Waals surface area contributed by atoms with Crippen LogP contribution >= 0.6 is 0 Å². The van der Waals surface area contributed by atoms with Crippen LogP contribution in [-0.2, 0) is 0 Å². The molecule has 7 aromatic rings. The second-order valence-electron chi connectivity index (χ2n) is 10.5. The van der Waals surface area contributed by atoms with Gasteiger partial charge in [0.2, 0.25) is 0 Å². The zero-order valence-electron chi connectivity index (χ0n) is 22.3. The summed E-state index contributed by atoms with van der Waals surface area (Å²) in [6, 6.07) is 37.2. The molecular weight excluding hydrogens is 494 g/mol. The van der Waals surface area contributed by atoms with E-state index in [2.05, 4.69) is 86.7 Å². The molecule has 0 aromatic heterocycles. The highest BCUT2D eigenvalue weighted by Crippen LogP contribution is 2.45. The summed E-state index contributed by atoms with van der Waals surface area (Å²) in [6.45, 7) is 4.29. The van der Waals surface area contributed by atoms with Crippen LogP contribution in [0.2, 0.25) is 0 Å². The van der Waals surface area contributed by atoms with E-state index < -0.39 is 0 Å². The van der Waals surface area contributed by atoms with Gasteiger partial charge < -0.3 is 0 Å². The maximum Gasteiger partial charge on any atom is 0.123 e. The molecule has 0 aliphatic heterocycles. The highest BCUT2D eigenvalue weighted by molar-refractivity contribution is 6.29. The first-order valence-corrected chi connectivity index (χ1v) is 13.5. The monoisotopic (exact) mass is 520 g/mol. The van der Waals surface area contributed by atoms with Gasteiger partial charge in [0.15, 0.2) is 0 Å². The van der Waals surface area contributed by atoms with E-state index in [0.29, 0.717) is 0 Å². The highest BCUT2D eigenvalue weighted by Gasteiger charge is 2.18. The fraction of sp³-hybridized carbons (Fsp3) is 0.0526. The predicted molar refractivity (Wildman–Crippen MR) is 166 cm³/mol. The van der Waals surface area contributed by atoms with Gasteiger partial charge in [-0.05, 0) is 121 Å². The maximum atomic E-state index is 13.9. The van der Waals surface area contributed by atoms with E-state index >= 15 is 0 Å². The van der Waals surface area contributed by atoms with Crippen LogP contribution in [-0.4, -0.2) is 0 Å². The maximum absolute atomic E-state index is 13.9. The van der Waals surface area contributed by atoms with Crippen LogP contribution in [0.25, 0.3) is 66.2 Å². The third kappa shape index (κ3) is 3.96. The minimum Gasteiger partial charge on any atom is -0.207 e. The molecule has 0 N–H and O–H groups in total. The first kappa shape index (κ1) is 24.2. The Morgan fingerprint density at radius 2 is 1.15 bits per heavy atom. The van der Waals surface area contributed by atoms with Crippen molar-refractivity contribution >= 4 is 44.0 Å². The van der Waals surface area contributed by atoms with Crippen molar-refractivity contribution in [3.05, 3.63) is 144 Å². The minimum absolute atomic E-state index is 0.244. The van der Waals surface area contributed by atoms with E-state index in [1.54, 1.807) is 0 Å². The molecule has 0 heterocycles. The number of hydrogen-bond donors (Lipinski definition) is 0. The van der Waals surface area contributed by atoms with E-state index in [9.17, 15) is 8.78 Å². The van der Waals surface area contributed by atoms with Crippen LogP contribution in [0.1, 0.15) is 23.6 Å². The molecule has 40 heavy (non-hydrogen) atoms. The van der Waals surface area contributed by atoms with Gasteiger partial charge in [-0.15, -0.1) is 0 Å². The van der Waals surface area contributed by atoms with Gasteiger partial charge in [-0.3, -0.25) is 0 Å². The van der Waals surface area contributed by atoms with Crippen LogP contribution in [0.15, 0.2) is 115 Å². The van der Waals surface area contributed by atoms with E-state index in [-0.39, 0.29) is 11.6 Å². The summed E-state index contributed by atoms with van der Waals surface area (Å²) < 4.78 is 27.7. The quantitative estimate of drug-likeness (QED) is 0.160. The lowest BCUT2D eigenvalue weighted by Crippen LogP contribution is -1.94. The number of halogens is 2. The highest BCUT2D eigenvalue weighted by atomic mass is 19.1. The lowest BCUT2D eigenvalue weighted by Gasteiger charge is -2.20. The molecule has 7 rings (SSSR count). The van der Waals surface area contributed by atoms with Gasteiger partial charge in [0.1, 0.15) is 11.6 Å². The summed E-state index contributed by atoms with van der Waals surface area (Å²) in [5.41, 5.74) is 8.82. The molecule has 0 nitrogen and oxygen atoms in total. The predicted octanol–water partition coefficient (Wildman–Crippen LogP) is 11.1. The topological polar surface area (TPSA) is 0 Å². The Balaban J connectivity index is 1.59. The fourth-order valence-corrected chi connectivity index (χ4v) is 6.03. The standard InChI is InChI=1S/C38H26F2/c1-23-5-3-4-6-28(23)21-24(2)35-22-36(26-9-15-30(40)16-10-26)34-18-12-27-11-17-31(25-7-13-29(39)14-8-25)32-19-20-33(35)38(34)37(27)32/h3-22H,1-2H3/b24-21+. The van der Waals surface area contributed by atoms with Crippen molar-refractivity contribution in [1.82, 2.24) is 0 Å². The van der Waals surface area contributed by atoms with Crippen molar-refractivity contribution in [3.8, 4) is 22.3 Å². The van der Waals surface area contributed by atoms with Gasteiger partial charge in [-0.25, -0.2) is 8.78 Å². The first-order valence-electron chi connectivity index (χ1n) is 13.5. The van der Waals surface area contributed by atoms with Gasteiger partial charge in [-0.1, -0.05) is 91.0 Å². The van der Waals surface area contributed by atoms with Crippen LogP contribution < -0.4 is 0 Å². The smallest absolute Gasteiger partial charge is 0.123 e. The second-order valence-corrected chi connectivity index (χ2v) is 10.5. The van der Waals surface area contributed by atoms with Crippen molar-refractivity contribution in [2.45, 2.75) is 13.8 Å². The molecule has 7 aromatic carbocycles. The summed E-state index contributed by atoms with van der Waals surface area (Å²) in [5.74, 6) is -0.493. The average Bonchev–Trinajstić information content (AvgIpc) is 2.97. The molecule has 0 aliphatic rings. The lowest BCUT2D eigenvalue weighted by atomic mass is 9.84. The van der Waals surface area contributed by atoms with Crippen LogP contribution in [0.5, 0.6) is 0 Å². The molecule has 0 atom stereocenters. The van der Waals surface area contributed by atoms with Crippen LogP contribution in [0, 0.1) is 18.6 Å². The van der Waals surface area contributed by atoms with Gasteiger partial charge in [0.05, 0.1) is 0 Å². The number of allylic oxidation sites excluding steroid dienone is 1. The van der Waals surface area contributed by atoms with Crippen molar-refractivity contribution in [3.63, 3.8) is 0 Å². The average molecular weight is 521 g/mol. The zero-order valence-corrected chi connectivity index (χ0v) is 22.3. The fourth-order valence-electron chi connectivity index (χ4n) is 6.03. The number of rotatable bonds is 4. The molecule has 0 fully saturated rings. The Morgan fingerprint density at radius 3 is 1.85 bits per heavy atom. The molecule has 0 unspecified atom stereocenters. The Hall–Kier alpha value is -4.82. The van der Waals surface area contributed by atoms with Crippen molar-refractivity contribution in [2.75, 3.05) is 0 Å². The second kappa shape index (κ2) is 9.43. The van der Waals surface area contributed by atoms with Gasteiger partial charge in [0.25, 0.3) is 0 Å². The van der Waals surface area contributed by atoms with Gasteiger partial charge in [0, 0.05) is 0 Å². The van der Waals surface area contributed by atoms with E-state index in [4.69, 9.17) is 0 Å². The SMILES string of the molecule is C/C(=C\c1ccccc1C)c1cc(-c2ccc(F)cc2)c2ccc3ccc(-c4ccc(F)cc4)c4ccc1c2c34. The Kier molecular flexibility index (Phi) is 5.71. The molecule has 0 saturated carbocycles. The third-order valence-electron chi connectivity index (χ3n) is 8.08. The van der Waals surface area contributed by atoms with Gasteiger partial charge >= 0.3 is 0 Å². The van der Waals surface area contributed by atoms with Crippen molar-refractivity contribution < 1.29 is 8.78 Å². The van der Waals surface area contributed by atoms with Crippen LogP contribution in [0.3, 0.4) is 0 Å². The third-order valence-corrected chi connectivity index (χ3v) is 8.08. The lowest BCUT2D eigenvalue weighted by molar-refractivity contribution is 0.627. The molecule has 0 spiro atoms. The molecule has 2 heteroatoms. The van der Waals surface area contributed by atoms with E-state index in [0.717, 1.165) is 49.5 Å². The summed E-state index contributed by atoms with van der Waals surface area (Å²) in [7, 11) is 0. The molecule has 0 saturated heterocycles.